The molecular formula is C11H13N5O3S. The average molecular weight is 295 g/mol. The number of amides is 1. The van der Waals surface area contributed by atoms with Crippen molar-refractivity contribution in [3.8, 4) is 0 Å². The van der Waals surface area contributed by atoms with E-state index in [0.717, 1.165) is 10.4 Å². The number of rotatable bonds is 5. The molecule has 0 saturated carbocycles. The first-order valence-corrected chi connectivity index (χ1v) is 6.72. The first kappa shape index (κ1) is 14.1. The fourth-order valence-electron chi connectivity index (χ4n) is 1.39. The van der Waals surface area contributed by atoms with Gasteiger partial charge in [0.2, 0.25) is 5.91 Å². The van der Waals surface area contributed by atoms with Gasteiger partial charge in [0.1, 0.15) is 6.54 Å². The van der Waals surface area contributed by atoms with Crippen molar-refractivity contribution in [2.75, 3.05) is 5.32 Å². The van der Waals surface area contributed by atoms with Gasteiger partial charge in [-0.1, -0.05) is 19.1 Å². The normalized spacial score (nSPS) is 10.8. The zero-order valence-electron chi connectivity index (χ0n) is 10.9. The number of aromatic nitrogens is 4. The molecular weight excluding hydrogens is 282 g/mol. The SMILES string of the molecule is CC(C)c1csc(NC(=O)Cn2cc(C(=O)O)nn2)n1. The van der Waals surface area contributed by atoms with Crippen LogP contribution in [0.3, 0.4) is 0 Å². The summed E-state index contributed by atoms with van der Waals surface area (Å²) in [5.41, 5.74) is 0.716. The quantitative estimate of drug-likeness (QED) is 0.857. The van der Waals surface area contributed by atoms with Crippen molar-refractivity contribution in [2.45, 2.75) is 26.3 Å². The smallest absolute Gasteiger partial charge is 0.358 e. The topological polar surface area (TPSA) is 110 Å². The van der Waals surface area contributed by atoms with Crippen LogP contribution in [0.25, 0.3) is 0 Å². The molecule has 2 rings (SSSR count). The van der Waals surface area contributed by atoms with Crippen molar-refractivity contribution >= 4 is 28.3 Å². The highest BCUT2D eigenvalue weighted by Crippen LogP contribution is 2.21. The molecule has 0 bridgehead atoms. The van der Waals surface area contributed by atoms with Gasteiger partial charge in [0.05, 0.1) is 11.9 Å². The zero-order valence-corrected chi connectivity index (χ0v) is 11.7. The third-order valence-electron chi connectivity index (χ3n) is 2.42. The molecule has 0 aromatic carbocycles. The Hall–Kier alpha value is -2.29. The molecule has 1 amide bonds. The van der Waals surface area contributed by atoms with E-state index in [2.05, 4.69) is 20.6 Å². The van der Waals surface area contributed by atoms with Crippen LogP contribution in [-0.4, -0.2) is 37.0 Å². The lowest BCUT2D eigenvalue weighted by atomic mass is 10.2. The molecule has 0 aliphatic heterocycles. The summed E-state index contributed by atoms with van der Waals surface area (Å²) in [4.78, 5) is 26.7. The summed E-state index contributed by atoms with van der Waals surface area (Å²) in [6, 6.07) is 0. The van der Waals surface area contributed by atoms with Crippen LogP contribution in [0.5, 0.6) is 0 Å². The van der Waals surface area contributed by atoms with Gasteiger partial charge in [-0.05, 0) is 5.92 Å². The Labute approximate surface area is 118 Å². The molecule has 0 aliphatic carbocycles. The molecule has 2 heterocycles. The number of carboxylic acids is 1. The lowest BCUT2D eigenvalue weighted by Gasteiger charge is -2.01. The molecule has 2 aromatic rings. The van der Waals surface area contributed by atoms with E-state index in [1.165, 1.54) is 17.5 Å². The van der Waals surface area contributed by atoms with E-state index in [4.69, 9.17) is 5.11 Å². The summed E-state index contributed by atoms with van der Waals surface area (Å²) >= 11 is 1.34. The Morgan fingerprint density at radius 1 is 1.50 bits per heavy atom. The Balaban J connectivity index is 1.95. The molecule has 0 saturated heterocycles. The van der Waals surface area contributed by atoms with E-state index in [0.29, 0.717) is 11.0 Å². The minimum atomic E-state index is -1.18. The van der Waals surface area contributed by atoms with Crippen LogP contribution in [0, 0.1) is 0 Å². The number of nitrogens with zero attached hydrogens (tertiary/aromatic N) is 4. The first-order chi connectivity index (χ1) is 9.45. The predicted octanol–water partition coefficient (Wildman–Crippen LogP) is 1.19. The Morgan fingerprint density at radius 2 is 2.25 bits per heavy atom. The largest absolute Gasteiger partial charge is 0.476 e. The fraction of sp³-hybridized carbons (Fsp3) is 0.364. The van der Waals surface area contributed by atoms with Crippen LogP contribution in [0.15, 0.2) is 11.6 Å². The molecule has 20 heavy (non-hydrogen) atoms. The molecule has 9 heteroatoms. The Morgan fingerprint density at radius 3 is 2.80 bits per heavy atom. The van der Waals surface area contributed by atoms with Crippen LogP contribution in [0.2, 0.25) is 0 Å². The monoisotopic (exact) mass is 295 g/mol. The standard InChI is InChI=1S/C11H13N5O3S/c1-6(2)8-5-20-11(12-8)13-9(17)4-16-3-7(10(18)19)14-15-16/h3,5-6H,4H2,1-2H3,(H,18,19)(H,12,13,17). The molecule has 2 aromatic heterocycles. The minimum absolute atomic E-state index is 0.114. The first-order valence-electron chi connectivity index (χ1n) is 5.84. The van der Waals surface area contributed by atoms with Gasteiger partial charge >= 0.3 is 5.97 Å². The van der Waals surface area contributed by atoms with E-state index in [-0.39, 0.29) is 18.1 Å². The van der Waals surface area contributed by atoms with E-state index < -0.39 is 5.97 Å². The van der Waals surface area contributed by atoms with E-state index in [1.54, 1.807) is 0 Å². The summed E-state index contributed by atoms with van der Waals surface area (Å²) in [6.45, 7) is 3.92. The highest BCUT2D eigenvalue weighted by Gasteiger charge is 2.12. The molecule has 0 radical (unpaired) electrons. The number of thiazole rings is 1. The summed E-state index contributed by atoms with van der Waals surface area (Å²) in [6.07, 6.45) is 1.20. The van der Waals surface area contributed by atoms with Gasteiger partial charge in [-0.3, -0.25) is 4.79 Å². The molecule has 0 fully saturated rings. The number of hydrogen-bond acceptors (Lipinski definition) is 6. The highest BCUT2D eigenvalue weighted by molar-refractivity contribution is 7.13. The highest BCUT2D eigenvalue weighted by atomic mass is 32.1. The second kappa shape index (κ2) is 5.78. The molecule has 106 valence electrons. The van der Waals surface area contributed by atoms with Crippen molar-refractivity contribution in [1.82, 2.24) is 20.0 Å². The van der Waals surface area contributed by atoms with Crippen molar-refractivity contribution in [1.29, 1.82) is 0 Å². The van der Waals surface area contributed by atoms with Crippen molar-refractivity contribution in [2.24, 2.45) is 0 Å². The number of hydrogen-bond donors (Lipinski definition) is 2. The molecule has 8 nitrogen and oxygen atoms in total. The van der Waals surface area contributed by atoms with Gasteiger partial charge in [-0.25, -0.2) is 14.5 Å². The number of carbonyl (C=O) groups excluding carboxylic acids is 1. The molecule has 2 N–H and O–H groups in total. The van der Waals surface area contributed by atoms with Crippen molar-refractivity contribution < 1.29 is 14.7 Å². The Bertz CT molecular complexity index is 634. The van der Waals surface area contributed by atoms with Crippen LogP contribution < -0.4 is 5.32 Å². The minimum Gasteiger partial charge on any atom is -0.476 e. The predicted molar refractivity (Wildman–Crippen MR) is 71.8 cm³/mol. The lowest BCUT2D eigenvalue weighted by Crippen LogP contribution is -2.19. The second-order valence-corrected chi connectivity index (χ2v) is 5.25. The molecule has 0 spiro atoms. The maximum Gasteiger partial charge on any atom is 0.358 e. The summed E-state index contributed by atoms with van der Waals surface area (Å²) < 4.78 is 1.16. The lowest BCUT2D eigenvalue weighted by molar-refractivity contribution is -0.116. The number of carbonyl (C=O) groups is 2. The molecule has 0 aliphatic rings. The van der Waals surface area contributed by atoms with Gasteiger partial charge in [-0.15, -0.1) is 16.4 Å². The Kier molecular flexibility index (Phi) is 4.08. The summed E-state index contributed by atoms with van der Waals surface area (Å²) in [7, 11) is 0. The summed E-state index contributed by atoms with van der Waals surface area (Å²) in [5.74, 6) is -1.22. The molecule has 0 unspecified atom stereocenters. The van der Waals surface area contributed by atoms with Gasteiger partial charge < -0.3 is 10.4 Å². The maximum atomic E-state index is 11.8. The van der Waals surface area contributed by atoms with E-state index >= 15 is 0 Å². The molecule has 0 atom stereocenters. The van der Waals surface area contributed by atoms with E-state index in [1.807, 2.05) is 19.2 Å². The van der Waals surface area contributed by atoms with Gasteiger partial charge in [-0.2, -0.15) is 0 Å². The number of anilines is 1. The van der Waals surface area contributed by atoms with Crippen molar-refractivity contribution in [3.05, 3.63) is 23.0 Å². The average Bonchev–Trinajstić information content (AvgIpc) is 2.98. The number of aromatic carboxylic acids is 1. The second-order valence-electron chi connectivity index (χ2n) is 4.39. The van der Waals surface area contributed by atoms with Gasteiger partial charge in [0.15, 0.2) is 10.8 Å². The third-order valence-corrected chi connectivity index (χ3v) is 3.20. The number of carboxylic acid groups (broad SMARTS) is 1. The maximum absolute atomic E-state index is 11.8. The number of nitrogens with one attached hydrogen (secondary N) is 1. The van der Waals surface area contributed by atoms with Crippen LogP contribution >= 0.6 is 11.3 Å². The zero-order chi connectivity index (χ0) is 14.7. The van der Waals surface area contributed by atoms with E-state index in [9.17, 15) is 9.59 Å². The van der Waals surface area contributed by atoms with Crippen molar-refractivity contribution in [3.63, 3.8) is 0 Å². The van der Waals surface area contributed by atoms with Gasteiger partial charge in [0.25, 0.3) is 0 Å². The summed E-state index contributed by atoms with van der Waals surface area (Å²) in [5, 5.41) is 20.7. The van der Waals surface area contributed by atoms with Crippen LogP contribution in [0.1, 0.15) is 35.9 Å². The fourth-order valence-corrected chi connectivity index (χ4v) is 2.28. The third kappa shape index (κ3) is 3.38. The van der Waals surface area contributed by atoms with Crippen LogP contribution in [0.4, 0.5) is 5.13 Å². The van der Waals surface area contributed by atoms with Gasteiger partial charge in [0, 0.05) is 5.38 Å². The van der Waals surface area contributed by atoms with Crippen LogP contribution in [-0.2, 0) is 11.3 Å².